The summed E-state index contributed by atoms with van der Waals surface area (Å²) >= 11 is 0. The van der Waals surface area contributed by atoms with Gasteiger partial charge in [0, 0.05) is 29.9 Å². The lowest BCUT2D eigenvalue weighted by Crippen LogP contribution is -2.15. The largest absolute Gasteiger partial charge is 0.497 e. The number of sulfone groups is 1. The second-order valence-electron chi connectivity index (χ2n) is 9.23. The van der Waals surface area contributed by atoms with Crippen molar-refractivity contribution in [2.45, 2.75) is 43.4 Å². The average Bonchev–Trinajstić information content (AvgIpc) is 3.06. The number of rotatable bonds is 6. The Hall–Kier alpha value is -3.32. The highest BCUT2D eigenvalue weighted by Crippen LogP contribution is 2.39. The third-order valence-corrected chi connectivity index (χ3v) is 7.54. The van der Waals surface area contributed by atoms with Crippen LogP contribution in [-0.4, -0.2) is 25.1 Å². The third kappa shape index (κ3) is 4.46. The molecule has 0 fully saturated rings. The van der Waals surface area contributed by atoms with Gasteiger partial charge in [0.1, 0.15) is 16.5 Å². The van der Waals surface area contributed by atoms with Crippen molar-refractivity contribution >= 4 is 26.6 Å². The molecule has 2 heterocycles. The maximum atomic E-state index is 13.6. The van der Waals surface area contributed by atoms with E-state index in [0.717, 1.165) is 22.4 Å². The molecule has 7 heteroatoms. The molecular weight excluding hydrogens is 434 g/mol. The van der Waals surface area contributed by atoms with Crippen molar-refractivity contribution in [2.75, 3.05) is 12.8 Å². The number of nitrogens with two attached hydrogens (primary N) is 1. The van der Waals surface area contributed by atoms with Crippen molar-refractivity contribution in [1.82, 2.24) is 9.55 Å². The minimum atomic E-state index is -3.72. The fourth-order valence-electron chi connectivity index (χ4n) is 4.11. The number of hydrogen-bond acceptors (Lipinski definition) is 5. The lowest BCUT2D eigenvalue weighted by Gasteiger charge is -2.21. The van der Waals surface area contributed by atoms with Crippen molar-refractivity contribution in [3.63, 3.8) is 0 Å². The first-order chi connectivity index (χ1) is 15.6. The first-order valence-electron chi connectivity index (χ1n) is 10.8. The topological polar surface area (TPSA) is 87.2 Å². The van der Waals surface area contributed by atoms with Gasteiger partial charge >= 0.3 is 0 Å². The van der Waals surface area contributed by atoms with E-state index in [1.807, 2.05) is 59.2 Å². The van der Waals surface area contributed by atoms with Crippen molar-refractivity contribution in [3.8, 4) is 5.75 Å². The van der Waals surface area contributed by atoms with Crippen LogP contribution in [0.3, 0.4) is 0 Å². The maximum Gasteiger partial charge on any atom is 0.186 e. The van der Waals surface area contributed by atoms with Gasteiger partial charge in [-0.3, -0.25) is 4.98 Å². The van der Waals surface area contributed by atoms with Gasteiger partial charge in [-0.25, -0.2) is 8.42 Å². The van der Waals surface area contributed by atoms with Crippen LogP contribution in [0.2, 0.25) is 0 Å². The predicted molar refractivity (Wildman–Crippen MR) is 132 cm³/mol. The first-order valence-corrected chi connectivity index (χ1v) is 12.4. The molecule has 0 aliphatic rings. The van der Waals surface area contributed by atoms with E-state index >= 15 is 0 Å². The van der Waals surface area contributed by atoms with Crippen LogP contribution in [0.25, 0.3) is 10.9 Å². The van der Waals surface area contributed by atoms with Crippen molar-refractivity contribution in [2.24, 2.45) is 0 Å². The minimum Gasteiger partial charge on any atom is -0.497 e. The Morgan fingerprint density at radius 1 is 0.970 bits per heavy atom. The van der Waals surface area contributed by atoms with Gasteiger partial charge in [0.15, 0.2) is 9.84 Å². The van der Waals surface area contributed by atoms with Gasteiger partial charge < -0.3 is 15.0 Å². The highest BCUT2D eigenvalue weighted by molar-refractivity contribution is 7.91. The number of nitrogens with zero attached hydrogens (tertiary/aromatic N) is 2. The summed E-state index contributed by atoms with van der Waals surface area (Å²) in [6, 6.07) is 16.8. The molecule has 2 aromatic heterocycles. The number of ether oxygens (including phenoxy) is 1. The molecule has 4 rings (SSSR count). The molecule has 0 amide bonds. The summed E-state index contributed by atoms with van der Waals surface area (Å²) in [5.41, 5.74) is 9.80. The minimum absolute atomic E-state index is 0.126. The van der Waals surface area contributed by atoms with Gasteiger partial charge in [-0.2, -0.15) is 0 Å². The summed E-state index contributed by atoms with van der Waals surface area (Å²) in [5.74, 6) is 0.865. The highest BCUT2D eigenvalue weighted by Gasteiger charge is 2.30. The van der Waals surface area contributed by atoms with Gasteiger partial charge in [0.05, 0.1) is 18.4 Å². The second kappa shape index (κ2) is 8.56. The van der Waals surface area contributed by atoms with E-state index in [-0.39, 0.29) is 21.9 Å². The molecule has 172 valence electrons. The molecule has 2 N–H and O–H groups in total. The summed E-state index contributed by atoms with van der Waals surface area (Å²) in [6.07, 6.45) is 3.42. The molecule has 0 saturated heterocycles. The molecule has 0 saturated carbocycles. The van der Waals surface area contributed by atoms with Crippen LogP contribution in [0, 0.1) is 0 Å². The van der Waals surface area contributed by atoms with Gasteiger partial charge in [0.2, 0.25) is 0 Å². The number of anilines is 1. The fourth-order valence-corrected chi connectivity index (χ4v) is 5.80. The number of fused-ring (bicyclic) bond motifs is 1. The van der Waals surface area contributed by atoms with Gasteiger partial charge in [-0.15, -0.1) is 0 Å². The first kappa shape index (κ1) is 22.9. The molecule has 6 nitrogen and oxygen atoms in total. The number of hydrogen-bond donors (Lipinski definition) is 1. The van der Waals surface area contributed by atoms with Crippen LogP contribution >= 0.6 is 0 Å². The molecular formula is C26H29N3O3S. The van der Waals surface area contributed by atoms with E-state index in [4.69, 9.17) is 10.5 Å². The lowest BCUT2D eigenvalue weighted by atomic mass is 9.87. The Morgan fingerprint density at radius 2 is 1.64 bits per heavy atom. The summed E-state index contributed by atoms with van der Waals surface area (Å²) in [4.78, 5) is 4.54. The Balaban J connectivity index is 1.93. The molecule has 0 bridgehead atoms. The van der Waals surface area contributed by atoms with E-state index in [9.17, 15) is 8.42 Å². The SMILES string of the molecule is COc1ccc(Cn2c(N)c(S(=O)(=O)Cc3ccccc3)c3cncc(C(C)(C)C)c32)cc1. The van der Waals surface area contributed by atoms with Crippen LogP contribution in [-0.2, 0) is 27.5 Å². The zero-order valence-corrected chi connectivity index (χ0v) is 20.2. The summed E-state index contributed by atoms with van der Waals surface area (Å²) in [7, 11) is -2.10. The van der Waals surface area contributed by atoms with Gasteiger partial charge in [-0.1, -0.05) is 63.2 Å². The number of benzene rings is 2. The molecule has 33 heavy (non-hydrogen) atoms. The molecule has 4 aromatic rings. The Labute approximate surface area is 194 Å². The van der Waals surface area contributed by atoms with E-state index in [1.165, 1.54) is 0 Å². The summed E-state index contributed by atoms with van der Waals surface area (Å²) in [6.45, 7) is 6.69. The molecule has 0 atom stereocenters. The van der Waals surface area contributed by atoms with Crippen LogP contribution < -0.4 is 10.5 Å². The molecule has 0 spiro atoms. The van der Waals surface area contributed by atoms with E-state index < -0.39 is 9.84 Å². The van der Waals surface area contributed by atoms with Crippen LogP contribution in [0.15, 0.2) is 71.9 Å². The monoisotopic (exact) mass is 463 g/mol. The van der Waals surface area contributed by atoms with Crippen LogP contribution in [0.1, 0.15) is 37.5 Å². The molecule has 0 radical (unpaired) electrons. The van der Waals surface area contributed by atoms with E-state index in [2.05, 4.69) is 25.8 Å². The van der Waals surface area contributed by atoms with Gasteiger partial charge in [0.25, 0.3) is 0 Å². The molecule has 2 aromatic carbocycles. The molecule has 0 aliphatic heterocycles. The quantitative estimate of drug-likeness (QED) is 0.437. The van der Waals surface area contributed by atoms with E-state index in [1.54, 1.807) is 19.5 Å². The number of nitrogen functional groups attached to an aromatic ring is 1. The smallest absolute Gasteiger partial charge is 0.186 e. The number of pyridine rings is 1. The Morgan fingerprint density at radius 3 is 2.24 bits per heavy atom. The third-order valence-electron chi connectivity index (χ3n) is 5.77. The fraction of sp³-hybridized carbons (Fsp3) is 0.269. The predicted octanol–water partition coefficient (Wildman–Crippen LogP) is 4.95. The van der Waals surface area contributed by atoms with Crippen LogP contribution in [0.4, 0.5) is 5.82 Å². The zero-order chi connectivity index (χ0) is 23.8. The average molecular weight is 464 g/mol. The lowest BCUT2D eigenvalue weighted by molar-refractivity contribution is 0.414. The molecule has 0 aliphatic carbocycles. The second-order valence-corrected chi connectivity index (χ2v) is 11.2. The van der Waals surface area contributed by atoms with Crippen molar-refractivity contribution < 1.29 is 13.2 Å². The standard InChI is InChI=1S/C26H29N3O3S/c1-26(2,3)22-15-28-14-21-23(22)29(16-18-10-12-20(32-4)13-11-18)25(27)24(21)33(30,31)17-19-8-6-5-7-9-19/h5-15H,16-17,27H2,1-4H3. The van der Waals surface area contributed by atoms with E-state index in [0.29, 0.717) is 17.5 Å². The Bertz CT molecular complexity index is 1380. The summed E-state index contributed by atoms with van der Waals surface area (Å²) in [5, 5.41) is 0.560. The number of aromatic nitrogens is 2. The number of methoxy groups -OCH3 is 1. The highest BCUT2D eigenvalue weighted by atomic mass is 32.2. The van der Waals surface area contributed by atoms with Gasteiger partial charge in [-0.05, 0) is 28.7 Å². The van der Waals surface area contributed by atoms with Crippen LogP contribution in [0.5, 0.6) is 5.75 Å². The Kier molecular flexibility index (Phi) is 5.93. The van der Waals surface area contributed by atoms with Crippen molar-refractivity contribution in [1.29, 1.82) is 0 Å². The maximum absolute atomic E-state index is 13.6. The summed E-state index contributed by atoms with van der Waals surface area (Å²) < 4.78 is 34.4. The normalized spacial score (nSPS) is 12.2. The van der Waals surface area contributed by atoms with Crippen molar-refractivity contribution in [3.05, 3.63) is 83.7 Å². The molecule has 0 unspecified atom stereocenters. The zero-order valence-electron chi connectivity index (χ0n) is 19.4.